The molecule has 0 aliphatic rings. The Kier molecular flexibility index (Phi) is 21.6. The molecule has 0 atom stereocenters. The fraction of sp³-hybridized carbons (Fsp3) is 0.500. The molecule has 0 unspecified atom stereocenters. The maximum atomic E-state index is 9.60. The first-order chi connectivity index (χ1) is 8.85. The molecule has 0 fully saturated rings. The summed E-state index contributed by atoms with van der Waals surface area (Å²) in [5, 5.41) is 48.4. The summed E-state index contributed by atoms with van der Waals surface area (Å²) in [4.78, 5) is 0. The van der Waals surface area contributed by atoms with Crippen molar-refractivity contribution in [3.05, 3.63) is 20.8 Å². The predicted octanol–water partition coefficient (Wildman–Crippen LogP) is 3.50. The van der Waals surface area contributed by atoms with E-state index in [4.69, 9.17) is 0 Å². The van der Waals surface area contributed by atoms with Gasteiger partial charge in [-0.05, 0) is 27.7 Å². The average molecular weight is 491 g/mol. The Morgan fingerprint density at radius 2 is 0.737 bits per heavy atom. The Labute approximate surface area is 132 Å². The fourth-order valence-electron chi connectivity index (χ4n) is 0.264. The first-order valence-corrected chi connectivity index (χ1v) is 11.9. The fourth-order valence-corrected chi connectivity index (χ4v) is 0.264. The van der Waals surface area contributed by atoms with Crippen LogP contribution in [0, 0.1) is 20.8 Å². The number of halogens is 2. The molecule has 0 aromatic carbocycles. The van der Waals surface area contributed by atoms with Crippen molar-refractivity contribution in [2.75, 3.05) is 0 Å². The van der Waals surface area contributed by atoms with Gasteiger partial charge < -0.3 is 41.5 Å². The van der Waals surface area contributed by atoms with Crippen LogP contribution >= 0.6 is 27.2 Å². The van der Waals surface area contributed by atoms with E-state index in [9.17, 15) is 20.8 Å². The molecule has 0 saturated heterocycles. The summed E-state index contributed by atoms with van der Waals surface area (Å²) in [6.45, 7) is 5.74. The van der Waals surface area contributed by atoms with Gasteiger partial charge in [-0.25, -0.2) is 0 Å². The van der Waals surface area contributed by atoms with E-state index in [1.165, 1.54) is 27.7 Å². The van der Waals surface area contributed by atoms with Crippen LogP contribution in [0.5, 0.6) is 0 Å². The molecule has 0 spiro atoms. The molecule has 0 saturated carbocycles. The van der Waals surface area contributed by atoms with Crippen molar-refractivity contribution >= 4 is 50.1 Å². The molecule has 0 aromatic rings. The molecular formula is C8H12Br2N4O4Rh-4. The first kappa shape index (κ1) is 23.5. The van der Waals surface area contributed by atoms with Crippen molar-refractivity contribution < 1.29 is 13.2 Å². The standard InChI is InChI=1S/2C4H8N2O2.2BrH.Rh/c2*1-3(5-7)4(2)6-8;;;/h2*7-8H,1-2H3;2*1H;/q;;;;+2/p-6. The van der Waals surface area contributed by atoms with E-state index in [-0.39, 0.29) is 22.8 Å². The van der Waals surface area contributed by atoms with Gasteiger partial charge in [0.05, 0.1) is 0 Å². The summed E-state index contributed by atoms with van der Waals surface area (Å²) in [6, 6.07) is 0. The number of rotatable bonds is 2. The third kappa shape index (κ3) is 17.5. The summed E-state index contributed by atoms with van der Waals surface area (Å²) in [7, 11) is 0. The van der Waals surface area contributed by atoms with E-state index in [1.54, 1.807) is 0 Å². The van der Waals surface area contributed by atoms with Crippen molar-refractivity contribution in [1.29, 1.82) is 0 Å². The van der Waals surface area contributed by atoms with E-state index >= 15 is 0 Å². The van der Waals surface area contributed by atoms with Gasteiger partial charge in [-0.3, -0.25) is 0 Å². The van der Waals surface area contributed by atoms with E-state index < -0.39 is 0 Å². The third-order valence-electron chi connectivity index (χ3n) is 1.59. The molecule has 0 rings (SSSR count). The minimum atomic E-state index is 0.139. The molecule has 0 bridgehead atoms. The van der Waals surface area contributed by atoms with Crippen LogP contribution < -0.4 is 0 Å². The molecule has 0 aliphatic carbocycles. The van der Waals surface area contributed by atoms with Crippen molar-refractivity contribution in [2.24, 2.45) is 20.6 Å². The Morgan fingerprint density at radius 3 is 0.789 bits per heavy atom. The zero-order valence-corrected chi connectivity index (χ0v) is 15.3. The van der Waals surface area contributed by atoms with Gasteiger partial charge in [0.15, 0.2) is 0 Å². The zero-order chi connectivity index (χ0) is 15.8. The summed E-state index contributed by atoms with van der Waals surface area (Å²) in [5.74, 6) is 0. The van der Waals surface area contributed by atoms with E-state index in [0.29, 0.717) is 13.2 Å². The second kappa shape index (κ2) is 17.5. The zero-order valence-electron chi connectivity index (χ0n) is 10.5. The van der Waals surface area contributed by atoms with E-state index in [1.807, 2.05) is 0 Å². The van der Waals surface area contributed by atoms with Crippen LogP contribution in [-0.2, 0) is 13.2 Å². The number of hydrogen-bond donors (Lipinski definition) is 0. The summed E-state index contributed by atoms with van der Waals surface area (Å²) in [6.07, 6.45) is 0. The van der Waals surface area contributed by atoms with Crippen LogP contribution in [-0.4, -0.2) is 22.8 Å². The SMILES string of the molecule is CC(=N[O-])C(C)=N[O-].CC(=N[O-])C(C)=N[O-].[Br][Rh][Br]. The van der Waals surface area contributed by atoms with Crippen LogP contribution in [0.1, 0.15) is 27.7 Å². The molecule has 8 nitrogen and oxygen atoms in total. The van der Waals surface area contributed by atoms with Crippen molar-refractivity contribution in [2.45, 2.75) is 27.7 Å². The molecule has 0 N–H and O–H groups in total. The molecule has 0 heterocycles. The van der Waals surface area contributed by atoms with Gasteiger partial charge in [0.2, 0.25) is 0 Å². The molecule has 11 heteroatoms. The van der Waals surface area contributed by atoms with Crippen molar-refractivity contribution in [3.63, 3.8) is 0 Å². The van der Waals surface area contributed by atoms with Gasteiger partial charge in [0.1, 0.15) is 0 Å². The van der Waals surface area contributed by atoms with Crippen LogP contribution in [0.25, 0.3) is 0 Å². The molecule has 115 valence electrons. The van der Waals surface area contributed by atoms with Gasteiger partial charge in [0.25, 0.3) is 0 Å². The molecule has 0 aromatic heterocycles. The third-order valence-corrected chi connectivity index (χ3v) is 1.59. The molecule has 0 aliphatic heterocycles. The van der Waals surface area contributed by atoms with Crippen LogP contribution in [0.15, 0.2) is 20.6 Å². The van der Waals surface area contributed by atoms with Gasteiger partial charge in [0, 0.05) is 22.8 Å². The van der Waals surface area contributed by atoms with E-state index in [0.717, 1.165) is 0 Å². The Hall–Kier alpha value is -0.537. The monoisotopic (exact) mass is 489 g/mol. The minimum absolute atomic E-state index is 0.139. The molecule has 0 amide bonds. The van der Waals surface area contributed by atoms with Gasteiger partial charge >= 0.3 is 40.5 Å². The second-order valence-electron chi connectivity index (χ2n) is 2.75. The average Bonchev–Trinajstić information content (AvgIpc) is 2.45. The normalized spacial score (nSPS) is 13.2. The molecular weight excluding hydrogens is 479 g/mol. The number of nitrogens with zero attached hydrogens (tertiary/aromatic N) is 4. The molecule has 19 heavy (non-hydrogen) atoms. The summed E-state index contributed by atoms with van der Waals surface area (Å²) in [5.41, 5.74) is 0.556. The predicted molar refractivity (Wildman–Crippen MR) is 83.8 cm³/mol. The quantitative estimate of drug-likeness (QED) is 0.331. The number of hydrogen-bond acceptors (Lipinski definition) is 8. The van der Waals surface area contributed by atoms with Crippen molar-refractivity contribution in [3.8, 4) is 0 Å². The first-order valence-electron chi connectivity index (χ1n) is 4.38. The summed E-state index contributed by atoms with van der Waals surface area (Å²) < 4.78 is 0. The van der Waals surface area contributed by atoms with E-state index in [2.05, 4.69) is 47.9 Å². The Bertz CT molecular complexity index is 284. The van der Waals surface area contributed by atoms with Crippen molar-refractivity contribution in [1.82, 2.24) is 0 Å². The topological polar surface area (TPSA) is 142 Å². The molecule has 0 radical (unpaired) electrons. The summed E-state index contributed by atoms with van der Waals surface area (Å²) >= 11 is 6.72. The van der Waals surface area contributed by atoms with Gasteiger partial charge in [-0.1, -0.05) is 0 Å². The Balaban J connectivity index is -0.000000224. The second-order valence-corrected chi connectivity index (χ2v) is 10.3. The van der Waals surface area contributed by atoms with Crippen LogP contribution in [0.2, 0.25) is 0 Å². The maximum absolute atomic E-state index is 9.60. The van der Waals surface area contributed by atoms with Crippen LogP contribution in [0.3, 0.4) is 0 Å². The Morgan fingerprint density at radius 1 is 0.632 bits per heavy atom. The van der Waals surface area contributed by atoms with Gasteiger partial charge in [-0.15, -0.1) is 0 Å². The van der Waals surface area contributed by atoms with Crippen LogP contribution in [0.4, 0.5) is 0 Å². The van der Waals surface area contributed by atoms with Gasteiger partial charge in [-0.2, -0.15) is 0 Å².